The number of ether oxygens (including phenoxy) is 1. The largest absolute Gasteiger partial charge is 0.378 e. The third-order valence-electron chi connectivity index (χ3n) is 2.61. The van der Waals surface area contributed by atoms with Crippen LogP contribution in [0.4, 0.5) is 11.8 Å². The van der Waals surface area contributed by atoms with Crippen molar-refractivity contribution in [3.8, 4) is 0 Å². The molecule has 1 fully saturated rings. The van der Waals surface area contributed by atoms with Crippen LogP contribution in [-0.4, -0.2) is 46.1 Å². The highest BCUT2D eigenvalue weighted by molar-refractivity contribution is 5.48. The first kappa shape index (κ1) is 9.34. The van der Waals surface area contributed by atoms with E-state index >= 15 is 0 Å². The molecule has 1 aliphatic rings. The molecule has 0 bridgehead atoms. The predicted molar refractivity (Wildman–Crippen MR) is 58.2 cm³/mol. The molecule has 0 spiro atoms. The van der Waals surface area contributed by atoms with Crippen molar-refractivity contribution in [2.75, 3.05) is 36.9 Å². The van der Waals surface area contributed by atoms with Gasteiger partial charge in [-0.15, -0.1) is 15.3 Å². The van der Waals surface area contributed by atoms with E-state index < -0.39 is 0 Å². The maximum atomic E-state index is 5.66. The average molecular weight is 220 g/mol. The number of hydrogen-bond donors (Lipinski definition) is 1. The summed E-state index contributed by atoms with van der Waals surface area (Å²) in [7, 11) is 0. The van der Waals surface area contributed by atoms with E-state index in [1.807, 2.05) is 12.1 Å². The van der Waals surface area contributed by atoms with E-state index in [2.05, 4.69) is 20.2 Å². The van der Waals surface area contributed by atoms with Gasteiger partial charge in [-0.2, -0.15) is 4.52 Å². The number of morpholine rings is 1. The summed E-state index contributed by atoms with van der Waals surface area (Å²) < 4.78 is 6.84. The number of rotatable bonds is 1. The molecule has 0 aliphatic carbocycles. The van der Waals surface area contributed by atoms with E-state index in [9.17, 15) is 0 Å². The van der Waals surface area contributed by atoms with Gasteiger partial charge in [0, 0.05) is 13.1 Å². The lowest BCUT2D eigenvalue weighted by Gasteiger charge is -2.27. The van der Waals surface area contributed by atoms with Crippen LogP contribution in [0.15, 0.2) is 12.1 Å². The first-order chi connectivity index (χ1) is 7.84. The fourth-order valence-corrected chi connectivity index (χ4v) is 1.76. The number of aromatic nitrogens is 4. The fourth-order valence-electron chi connectivity index (χ4n) is 1.76. The molecule has 3 heterocycles. The number of nitrogens with two attached hydrogens (primary N) is 1. The standard InChI is InChI=1S/C9H12N6O/c10-9-12-11-7-1-2-8(13-15(7)9)14-3-5-16-6-4-14/h1-2H,3-6H2,(H2,10,12). The summed E-state index contributed by atoms with van der Waals surface area (Å²) in [5.74, 6) is 1.19. The minimum absolute atomic E-state index is 0.310. The number of nitrogens with zero attached hydrogens (tertiary/aromatic N) is 5. The zero-order valence-corrected chi connectivity index (χ0v) is 8.70. The highest BCUT2D eigenvalue weighted by atomic mass is 16.5. The minimum atomic E-state index is 0.310. The second kappa shape index (κ2) is 3.60. The van der Waals surface area contributed by atoms with E-state index in [1.54, 1.807) is 4.52 Å². The van der Waals surface area contributed by atoms with Crippen LogP contribution in [0.3, 0.4) is 0 Å². The summed E-state index contributed by atoms with van der Waals surface area (Å²) >= 11 is 0. The molecule has 0 amide bonds. The summed E-state index contributed by atoms with van der Waals surface area (Å²) in [5, 5.41) is 12.0. The normalized spacial score (nSPS) is 16.9. The molecule has 7 heteroatoms. The monoisotopic (exact) mass is 220 g/mol. The second-order valence-electron chi connectivity index (χ2n) is 3.62. The van der Waals surface area contributed by atoms with Crippen LogP contribution in [0, 0.1) is 0 Å². The Labute approximate surface area is 91.8 Å². The lowest BCUT2D eigenvalue weighted by molar-refractivity contribution is 0.122. The Kier molecular flexibility index (Phi) is 2.10. The quantitative estimate of drug-likeness (QED) is 0.700. The van der Waals surface area contributed by atoms with Crippen molar-refractivity contribution in [3.63, 3.8) is 0 Å². The maximum absolute atomic E-state index is 5.66. The van der Waals surface area contributed by atoms with Crippen molar-refractivity contribution < 1.29 is 4.74 Å². The van der Waals surface area contributed by atoms with Crippen LogP contribution in [0.5, 0.6) is 0 Å². The summed E-state index contributed by atoms with van der Waals surface area (Å²) in [6.45, 7) is 3.16. The minimum Gasteiger partial charge on any atom is -0.378 e. The predicted octanol–water partition coefficient (Wildman–Crippen LogP) is -0.457. The third kappa shape index (κ3) is 1.45. The SMILES string of the molecule is Nc1nnc2ccc(N3CCOCC3)nn12. The van der Waals surface area contributed by atoms with Crippen molar-refractivity contribution >= 4 is 17.4 Å². The molecule has 0 unspecified atom stereocenters. The zero-order valence-electron chi connectivity index (χ0n) is 8.70. The van der Waals surface area contributed by atoms with Crippen molar-refractivity contribution in [2.45, 2.75) is 0 Å². The van der Waals surface area contributed by atoms with E-state index in [4.69, 9.17) is 10.5 Å². The van der Waals surface area contributed by atoms with Crippen molar-refractivity contribution in [2.24, 2.45) is 0 Å². The van der Waals surface area contributed by atoms with Gasteiger partial charge in [-0.25, -0.2) is 0 Å². The molecule has 2 aromatic rings. The molecule has 16 heavy (non-hydrogen) atoms. The molecule has 7 nitrogen and oxygen atoms in total. The molecule has 1 aliphatic heterocycles. The third-order valence-corrected chi connectivity index (χ3v) is 2.61. The molecule has 3 rings (SSSR count). The summed E-state index contributed by atoms with van der Waals surface area (Å²) in [6, 6.07) is 3.79. The number of anilines is 2. The van der Waals surface area contributed by atoms with Crippen LogP contribution in [0.25, 0.3) is 5.65 Å². The van der Waals surface area contributed by atoms with Gasteiger partial charge < -0.3 is 15.4 Å². The molecule has 1 saturated heterocycles. The fraction of sp³-hybridized carbons (Fsp3) is 0.444. The van der Waals surface area contributed by atoms with E-state index in [0.29, 0.717) is 11.6 Å². The van der Waals surface area contributed by atoms with Gasteiger partial charge in [0.1, 0.15) is 5.82 Å². The summed E-state index contributed by atoms with van der Waals surface area (Å²) in [4.78, 5) is 2.16. The summed E-state index contributed by atoms with van der Waals surface area (Å²) in [5.41, 5.74) is 6.32. The van der Waals surface area contributed by atoms with Gasteiger partial charge in [-0.05, 0) is 12.1 Å². The first-order valence-corrected chi connectivity index (χ1v) is 5.15. The highest BCUT2D eigenvalue weighted by Gasteiger charge is 2.13. The Hall–Kier alpha value is -1.89. The first-order valence-electron chi connectivity index (χ1n) is 5.15. The smallest absolute Gasteiger partial charge is 0.243 e. The Morgan fingerprint density at radius 3 is 2.81 bits per heavy atom. The number of hydrogen-bond acceptors (Lipinski definition) is 6. The molecular weight excluding hydrogens is 208 g/mol. The van der Waals surface area contributed by atoms with Gasteiger partial charge in [-0.3, -0.25) is 0 Å². The molecule has 2 N–H and O–H groups in total. The maximum Gasteiger partial charge on any atom is 0.243 e. The van der Waals surface area contributed by atoms with Gasteiger partial charge in [0.05, 0.1) is 13.2 Å². The average Bonchev–Trinajstić information content (AvgIpc) is 2.72. The lowest BCUT2D eigenvalue weighted by atomic mass is 10.4. The molecule has 0 radical (unpaired) electrons. The Bertz CT molecular complexity index is 504. The van der Waals surface area contributed by atoms with Crippen molar-refractivity contribution in [1.82, 2.24) is 19.8 Å². The summed E-state index contributed by atoms with van der Waals surface area (Å²) in [6.07, 6.45) is 0. The van der Waals surface area contributed by atoms with Crippen molar-refractivity contribution in [1.29, 1.82) is 0 Å². The van der Waals surface area contributed by atoms with Gasteiger partial charge in [0.15, 0.2) is 5.65 Å². The Morgan fingerprint density at radius 1 is 1.19 bits per heavy atom. The van der Waals surface area contributed by atoms with Crippen LogP contribution >= 0.6 is 0 Å². The number of nitrogen functional groups attached to an aromatic ring is 1. The van der Waals surface area contributed by atoms with Crippen LogP contribution in [-0.2, 0) is 4.74 Å². The molecule has 0 aromatic carbocycles. The van der Waals surface area contributed by atoms with E-state index in [0.717, 1.165) is 32.1 Å². The Balaban J connectivity index is 1.99. The van der Waals surface area contributed by atoms with Gasteiger partial charge >= 0.3 is 0 Å². The topological polar surface area (TPSA) is 81.6 Å². The van der Waals surface area contributed by atoms with Crippen molar-refractivity contribution in [3.05, 3.63) is 12.1 Å². The van der Waals surface area contributed by atoms with Gasteiger partial charge in [-0.1, -0.05) is 0 Å². The van der Waals surface area contributed by atoms with Crippen LogP contribution in [0.1, 0.15) is 0 Å². The molecule has 2 aromatic heterocycles. The number of fused-ring (bicyclic) bond motifs is 1. The highest BCUT2D eigenvalue weighted by Crippen LogP contribution is 2.14. The van der Waals surface area contributed by atoms with Crippen LogP contribution in [0.2, 0.25) is 0 Å². The molecule has 0 saturated carbocycles. The Morgan fingerprint density at radius 2 is 2.00 bits per heavy atom. The molecule has 84 valence electrons. The lowest BCUT2D eigenvalue weighted by Crippen LogP contribution is -2.37. The van der Waals surface area contributed by atoms with Gasteiger partial charge in [0.25, 0.3) is 0 Å². The molecular formula is C9H12N6O. The van der Waals surface area contributed by atoms with Gasteiger partial charge in [0.2, 0.25) is 5.95 Å². The van der Waals surface area contributed by atoms with Crippen LogP contribution < -0.4 is 10.6 Å². The van der Waals surface area contributed by atoms with E-state index in [-0.39, 0.29) is 0 Å². The zero-order chi connectivity index (χ0) is 11.0. The van der Waals surface area contributed by atoms with E-state index in [1.165, 1.54) is 0 Å². The second-order valence-corrected chi connectivity index (χ2v) is 3.62. The molecule has 0 atom stereocenters.